The summed E-state index contributed by atoms with van der Waals surface area (Å²) in [5.74, 6) is -0.383. The zero-order valence-electron chi connectivity index (χ0n) is 11.7. The first kappa shape index (κ1) is 15.0. The van der Waals surface area contributed by atoms with Crippen LogP contribution < -0.4 is 5.32 Å². The average Bonchev–Trinajstić information content (AvgIpc) is 2.85. The van der Waals surface area contributed by atoms with Crippen molar-refractivity contribution >= 4 is 11.6 Å². The monoisotopic (exact) mass is 295 g/mol. The molecule has 1 N–H and O–H groups in total. The zero-order valence-corrected chi connectivity index (χ0v) is 12.5. The van der Waals surface area contributed by atoms with Gasteiger partial charge in [-0.1, -0.05) is 24.6 Å². The maximum absolute atomic E-state index is 13.2. The average molecular weight is 296 g/mol. The van der Waals surface area contributed by atoms with Crippen molar-refractivity contribution in [3.63, 3.8) is 0 Å². The summed E-state index contributed by atoms with van der Waals surface area (Å²) in [6.07, 6.45) is 5.57. The van der Waals surface area contributed by atoms with Gasteiger partial charge in [-0.2, -0.15) is 0 Å². The van der Waals surface area contributed by atoms with E-state index in [0.717, 1.165) is 30.6 Å². The molecule has 2 aromatic rings. The highest BCUT2D eigenvalue weighted by Gasteiger charge is 2.15. The van der Waals surface area contributed by atoms with Crippen LogP contribution >= 0.6 is 11.6 Å². The number of aryl methyl sites for hydroxylation is 1. The van der Waals surface area contributed by atoms with Gasteiger partial charge in [0, 0.05) is 13.2 Å². The Bertz CT molecular complexity index is 568. The van der Waals surface area contributed by atoms with Crippen molar-refractivity contribution in [2.75, 3.05) is 6.54 Å². The molecule has 0 radical (unpaired) electrons. The molecule has 0 amide bonds. The second-order valence-corrected chi connectivity index (χ2v) is 5.33. The lowest BCUT2D eigenvalue weighted by atomic mass is 10.0. The van der Waals surface area contributed by atoms with Crippen LogP contribution in [-0.4, -0.2) is 16.1 Å². The predicted octanol–water partition coefficient (Wildman–Crippen LogP) is 3.50. The number of aromatic nitrogens is 2. The number of halogens is 2. The number of nitrogens with one attached hydrogen (secondary N) is 1. The maximum Gasteiger partial charge on any atom is 0.141 e. The molecule has 0 spiro atoms. The Morgan fingerprint density at radius 3 is 2.85 bits per heavy atom. The van der Waals surface area contributed by atoms with Crippen LogP contribution in [-0.2, 0) is 13.5 Å². The lowest BCUT2D eigenvalue weighted by Gasteiger charge is -2.17. The minimum Gasteiger partial charge on any atom is -0.340 e. The highest BCUT2D eigenvalue weighted by Crippen LogP contribution is 2.21. The summed E-state index contributed by atoms with van der Waals surface area (Å²) < 4.78 is 15.1. The lowest BCUT2D eigenvalue weighted by Crippen LogP contribution is -2.24. The number of benzene rings is 1. The standard InChI is InChI=1S/C15H19ClFN3/c1-3-6-18-14(15-9-20(2)10-19-15)8-11-4-5-13(17)12(16)7-11/h4-5,7,9-10,14,18H,3,6,8H2,1-2H3. The summed E-state index contributed by atoms with van der Waals surface area (Å²) in [7, 11) is 1.95. The summed E-state index contributed by atoms with van der Waals surface area (Å²) in [4.78, 5) is 4.40. The first-order valence-electron chi connectivity index (χ1n) is 6.75. The van der Waals surface area contributed by atoms with Crippen molar-refractivity contribution in [3.05, 3.63) is 52.8 Å². The molecule has 0 aliphatic heterocycles. The number of hydrogen-bond acceptors (Lipinski definition) is 2. The molecule has 0 saturated heterocycles. The molecule has 1 aromatic heterocycles. The van der Waals surface area contributed by atoms with Crippen LogP contribution in [0.15, 0.2) is 30.7 Å². The molecule has 108 valence electrons. The van der Waals surface area contributed by atoms with Gasteiger partial charge >= 0.3 is 0 Å². The molecule has 1 aromatic carbocycles. The molecule has 0 fully saturated rings. The highest BCUT2D eigenvalue weighted by molar-refractivity contribution is 6.30. The smallest absolute Gasteiger partial charge is 0.141 e. The minimum absolute atomic E-state index is 0.109. The third kappa shape index (κ3) is 3.81. The van der Waals surface area contributed by atoms with Gasteiger partial charge in [0.1, 0.15) is 5.82 Å². The Hall–Kier alpha value is -1.39. The van der Waals surface area contributed by atoms with Gasteiger partial charge in [0.05, 0.1) is 23.1 Å². The zero-order chi connectivity index (χ0) is 14.5. The third-order valence-corrected chi connectivity index (χ3v) is 3.44. The van der Waals surface area contributed by atoms with E-state index in [1.165, 1.54) is 6.07 Å². The second-order valence-electron chi connectivity index (χ2n) is 4.92. The van der Waals surface area contributed by atoms with E-state index in [-0.39, 0.29) is 16.9 Å². The molecule has 20 heavy (non-hydrogen) atoms. The fourth-order valence-corrected chi connectivity index (χ4v) is 2.32. The van der Waals surface area contributed by atoms with E-state index in [1.54, 1.807) is 18.5 Å². The van der Waals surface area contributed by atoms with Crippen LogP contribution in [0.2, 0.25) is 5.02 Å². The number of rotatable bonds is 6. The molecule has 0 aliphatic rings. The summed E-state index contributed by atoms with van der Waals surface area (Å²) in [5, 5.41) is 3.63. The first-order valence-corrected chi connectivity index (χ1v) is 7.13. The van der Waals surface area contributed by atoms with Crippen LogP contribution in [0, 0.1) is 5.82 Å². The minimum atomic E-state index is -0.383. The van der Waals surface area contributed by atoms with Crippen molar-refractivity contribution in [3.8, 4) is 0 Å². The summed E-state index contributed by atoms with van der Waals surface area (Å²) in [5.41, 5.74) is 1.98. The van der Waals surface area contributed by atoms with E-state index < -0.39 is 0 Å². The van der Waals surface area contributed by atoms with Gasteiger partial charge in [0.15, 0.2) is 0 Å². The molecule has 0 saturated carbocycles. The Morgan fingerprint density at radius 1 is 1.45 bits per heavy atom. The highest BCUT2D eigenvalue weighted by atomic mass is 35.5. The van der Waals surface area contributed by atoms with E-state index in [9.17, 15) is 4.39 Å². The quantitative estimate of drug-likeness (QED) is 0.884. The number of hydrogen-bond donors (Lipinski definition) is 1. The van der Waals surface area contributed by atoms with E-state index in [1.807, 2.05) is 17.8 Å². The van der Waals surface area contributed by atoms with Gasteiger partial charge in [0.2, 0.25) is 0 Å². The first-order chi connectivity index (χ1) is 9.60. The van der Waals surface area contributed by atoms with Gasteiger partial charge in [0.25, 0.3) is 0 Å². The third-order valence-electron chi connectivity index (χ3n) is 3.15. The van der Waals surface area contributed by atoms with E-state index in [0.29, 0.717) is 0 Å². The van der Waals surface area contributed by atoms with Gasteiger partial charge < -0.3 is 9.88 Å². The molecule has 3 nitrogen and oxygen atoms in total. The Balaban J connectivity index is 2.16. The molecular formula is C15H19ClFN3. The Kier molecular flexibility index (Phi) is 5.15. The maximum atomic E-state index is 13.2. The molecule has 2 rings (SSSR count). The molecule has 5 heteroatoms. The molecule has 1 atom stereocenters. The SMILES string of the molecule is CCCNC(Cc1ccc(F)c(Cl)c1)c1cn(C)cn1. The molecule has 1 unspecified atom stereocenters. The summed E-state index contributed by atoms with van der Waals surface area (Å²) in [6.45, 7) is 3.04. The molecule has 0 aliphatic carbocycles. The van der Waals surface area contributed by atoms with Crippen LogP contribution in [0.4, 0.5) is 4.39 Å². The number of imidazole rings is 1. The van der Waals surface area contributed by atoms with Crippen LogP contribution in [0.25, 0.3) is 0 Å². The second kappa shape index (κ2) is 6.86. The van der Waals surface area contributed by atoms with Gasteiger partial charge in [-0.3, -0.25) is 0 Å². The number of nitrogens with zero attached hydrogens (tertiary/aromatic N) is 2. The van der Waals surface area contributed by atoms with Crippen molar-refractivity contribution in [1.82, 2.24) is 14.9 Å². The van der Waals surface area contributed by atoms with E-state index in [2.05, 4.69) is 17.2 Å². The lowest BCUT2D eigenvalue weighted by molar-refractivity contribution is 0.518. The van der Waals surface area contributed by atoms with Crippen molar-refractivity contribution in [2.24, 2.45) is 7.05 Å². The largest absolute Gasteiger partial charge is 0.340 e. The van der Waals surface area contributed by atoms with Crippen LogP contribution in [0.1, 0.15) is 30.6 Å². The Morgan fingerprint density at radius 2 is 2.25 bits per heavy atom. The van der Waals surface area contributed by atoms with Crippen molar-refractivity contribution in [2.45, 2.75) is 25.8 Å². The van der Waals surface area contributed by atoms with Gasteiger partial charge in [-0.15, -0.1) is 0 Å². The molecule has 0 bridgehead atoms. The fraction of sp³-hybridized carbons (Fsp3) is 0.400. The Labute approximate surface area is 123 Å². The van der Waals surface area contributed by atoms with Gasteiger partial charge in [-0.05, 0) is 37.1 Å². The van der Waals surface area contributed by atoms with Crippen LogP contribution in [0.3, 0.4) is 0 Å². The van der Waals surface area contributed by atoms with E-state index >= 15 is 0 Å². The van der Waals surface area contributed by atoms with Crippen molar-refractivity contribution < 1.29 is 4.39 Å². The summed E-state index contributed by atoms with van der Waals surface area (Å²) in [6, 6.07) is 4.97. The normalized spacial score (nSPS) is 12.6. The topological polar surface area (TPSA) is 29.9 Å². The molecule has 1 heterocycles. The fourth-order valence-electron chi connectivity index (χ4n) is 2.12. The van der Waals surface area contributed by atoms with Crippen LogP contribution in [0.5, 0.6) is 0 Å². The van der Waals surface area contributed by atoms with Crippen molar-refractivity contribution in [1.29, 1.82) is 0 Å². The predicted molar refractivity (Wildman–Crippen MR) is 79.4 cm³/mol. The molecular weight excluding hydrogens is 277 g/mol. The summed E-state index contributed by atoms with van der Waals surface area (Å²) >= 11 is 5.84. The van der Waals surface area contributed by atoms with E-state index in [4.69, 9.17) is 11.6 Å². The van der Waals surface area contributed by atoms with Gasteiger partial charge in [-0.25, -0.2) is 9.37 Å².